The molecule has 0 saturated heterocycles. The molecule has 0 saturated carbocycles. The molecule has 7 aromatic carbocycles. The second-order valence-corrected chi connectivity index (χ2v) is 13.1. The molecule has 0 amide bonds. The predicted molar refractivity (Wildman–Crippen MR) is 198 cm³/mol. The maximum absolute atomic E-state index is 9.83. The van der Waals surface area contributed by atoms with E-state index in [2.05, 4.69) is 149 Å². The summed E-state index contributed by atoms with van der Waals surface area (Å²) in [4.78, 5) is 0. The van der Waals surface area contributed by atoms with Crippen LogP contribution in [0.4, 0.5) is 0 Å². The highest BCUT2D eigenvalue weighted by Crippen LogP contribution is 2.43. The number of rotatable bonds is 3. The number of para-hydroxylation sites is 2. The zero-order chi connectivity index (χ0) is 31.1. The van der Waals surface area contributed by atoms with Gasteiger partial charge in [-0.15, -0.1) is 11.3 Å². The molecule has 4 heteroatoms. The first-order chi connectivity index (χ1) is 23.3. The topological polar surface area (TPSA) is 33.6 Å². The fourth-order valence-electron chi connectivity index (χ4n) is 7.50. The standard InChI is InChI=1S/C43H25N3S/c44-26-27-17-22-33-36-24-23-35-32-11-4-6-15-38(32)45(41(35)42(36)46(39(33)25-27)29-9-2-1-3-10-29)30-20-18-28(19-21-30)31-13-8-14-37-34-12-5-7-16-40(34)47-43(31)37/h1-25H. The molecule has 3 heterocycles. The van der Waals surface area contributed by atoms with Crippen molar-refractivity contribution in [3.05, 3.63) is 157 Å². The Hall–Kier alpha value is -6.15. The van der Waals surface area contributed by atoms with Gasteiger partial charge in [0.05, 0.1) is 33.7 Å². The lowest BCUT2D eigenvalue weighted by molar-refractivity contribution is 1.15. The van der Waals surface area contributed by atoms with Crippen molar-refractivity contribution < 1.29 is 0 Å². The lowest BCUT2D eigenvalue weighted by atomic mass is 10.0. The van der Waals surface area contributed by atoms with Crippen molar-refractivity contribution in [3.63, 3.8) is 0 Å². The minimum atomic E-state index is 0.651. The van der Waals surface area contributed by atoms with Crippen LogP contribution in [0.3, 0.4) is 0 Å². The van der Waals surface area contributed by atoms with E-state index >= 15 is 0 Å². The van der Waals surface area contributed by atoms with Crippen molar-refractivity contribution in [2.24, 2.45) is 0 Å². The van der Waals surface area contributed by atoms with E-state index in [9.17, 15) is 5.26 Å². The van der Waals surface area contributed by atoms with Gasteiger partial charge in [-0.2, -0.15) is 5.26 Å². The van der Waals surface area contributed by atoms with Gasteiger partial charge in [-0.3, -0.25) is 0 Å². The minimum Gasteiger partial charge on any atom is -0.307 e. The van der Waals surface area contributed by atoms with E-state index in [0.717, 1.165) is 44.2 Å². The van der Waals surface area contributed by atoms with Crippen molar-refractivity contribution in [2.75, 3.05) is 0 Å². The number of aromatic nitrogens is 2. The monoisotopic (exact) mass is 615 g/mol. The summed E-state index contributed by atoms with van der Waals surface area (Å²) in [6, 6.07) is 56.5. The molecule has 0 aliphatic heterocycles. The van der Waals surface area contributed by atoms with Crippen molar-refractivity contribution >= 4 is 75.1 Å². The van der Waals surface area contributed by atoms with Gasteiger partial charge >= 0.3 is 0 Å². The first-order valence-electron chi connectivity index (χ1n) is 15.8. The maximum atomic E-state index is 9.83. The SMILES string of the molecule is N#Cc1ccc2c3ccc4c5ccccc5n(-c5ccc(-c6cccc7c6sc6ccccc67)cc5)c4c3n(-c3ccccc3)c2c1. The van der Waals surface area contributed by atoms with E-state index in [1.54, 1.807) is 0 Å². The van der Waals surface area contributed by atoms with E-state index < -0.39 is 0 Å². The normalized spacial score (nSPS) is 11.8. The maximum Gasteiger partial charge on any atom is 0.0992 e. The van der Waals surface area contributed by atoms with Gasteiger partial charge in [0.2, 0.25) is 0 Å². The predicted octanol–water partition coefficient (Wildman–Crippen LogP) is 11.8. The first kappa shape index (κ1) is 26.1. The summed E-state index contributed by atoms with van der Waals surface area (Å²) in [5, 5.41) is 17.2. The van der Waals surface area contributed by atoms with Crippen LogP contribution >= 0.6 is 11.3 Å². The van der Waals surface area contributed by atoms with Crippen LogP contribution in [0.25, 0.3) is 86.3 Å². The van der Waals surface area contributed by atoms with Crippen LogP contribution in [-0.2, 0) is 0 Å². The number of fused-ring (bicyclic) bond motifs is 10. The Morgan fingerprint density at radius 1 is 0.468 bits per heavy atom. The summed E-state index contributed by atoms with van der Waals surface area (Å²) < 4.78 is 7.39. The molecule has 0 fully saturated rings. The Balaban J connectivity index is 1.27. The quantitative estimate of drug-likeness (QED) is 0.195. The summed E-state index contributed by atoms with van der Waals surface area (Å²) in [7, 11) is 0. The van der Waals surface area contributed by atoms with E-state index in [0.29, 0.717) is 5.56 Å². The van der Waals surface area contributed by atoms with Gasteiger partial charge in [0.15, 0.2) is 0 Å². The molecule has 3 nitrogen and oxygen atoms in total. The van der Waals surface area contributed by atoms with Crippen LogP contribution in [0.5, 0.6) is 0 Å². The van der Waals surface area contributed by atoms with Crippen LogP contribution in [0.1, 0.15) is 5.56 Å². The Labute approximate surface area is 274 Å². The molecule has 3 aromatic heterocycles. The van der Waals surface area contributed by atoms with E-state index in [-0.39, 0.29) is 0 Å². The fraction of sp³-hybridized carbons (Fsp3) is 0. The second-order valence-electron chi connectivity index (χ2n) is 12.1. The smallest absolute Gasteiger partial charge is 0.0992 e. The Morgan fingerprint density at radius 2 is 1.09 bits per heavy atom. The highest BCUT2D eigenvalue weighted by Gasteiger charge is 2.21. The average Bonchev–Trinajstić information content (AvgIpc) is 3.79. The molecule has 0 aliphatic carbocycles. The number of benzene rings is 7. The van der Waals surface area contributed by atoms with Gasteiger partial charge < -0.3 is 9.13 Å². The summed E-state index contributed by atoms with van der Waals surface area (Å²) in [6.45, 7) is 0. The summed E-state index contributed by atoms with van der Waals surface area (Å²) in [5.41, 5.74) is 9.78. The summed E-state index contributed by atoms with van der Waals surface area (Å²) in [6.07, 6.45) is 0. The molecule has 218 valence electrons. The molecule has 10 rings (SSSR count). The lowest BCUT2D eigenvalue weighted by Crippen LogP contribution is -1.98. The van der Waals surface area contributed by atoms with Crippen molar-refractivity contribution in [1.29, 1.82) is 5.26 Å². The third-order valence-electron chi connectivity index (χ3n) is 9.55. The molecule has 0 N–H and O–H groups in total. The average molecular weight is 616 g/mol. The van der Waals surface area contributed by atoms with Gasteiger partial charge in [0.1, 0.15) is 0 Å². The molecule has 0 unspecified atom stereocenters. The highest BCUT2D eigenvalue weighted by molar-refractivity contribution is 7.26. The van der Waals surface area contributed by atoms with Crippen LogP contribution in [-0.4, -0.2) is 9.13 Å². The Morgan fingerprint density at radius 3 is 1.87 bits per heavy atom. The zero-order valence-electron chi connectivity index (χ0n) is 25.2. The third kappa shape index (κ3) is 3.72. The molecule has 0 atom stereocenters. The molecule has 0 radical (unpaired) electrons. The van der Waals surface area contributed by atoms with E-state index in [1.807, 2.05) is 29.5 Å². The first-order valence-corrected chi connectivity index (χ1v) is 16.6. The highest BCUT2D eigenvalue weighted by atomic mass is 32.1. The molecule has 0 bridgehead atoms. The van der Waals surface area contributed by atoms with Crippen LogP contribution in [0, 0.1) is 11.3 Å². The molecule has 10 aromatic rings. The molecular weight excluding hydrogens is 591 g/mol. The third-order valence-corrected chi connectivity index (χ3v) is 10.8. The number of hydrogen-bond acceptors (Lipinski definition) is 2. The van der Waals surface area contributed by atoms with E-state index in [1.165, 1.54) is 42.1 Å². The van der Waals surface area contributed by atoms with Gasteiger partial charge in [-0.1, -0.05) is 103 Å². The number of hydrogen-bond donors (Lipinski definition) is 0. The zero-order valence-corrected chi connectivity index (χ0v) is 26.0. The summed E-state index contributed by atoms with van der Waals surface area (Å²) in [5.74, 6) is 0. The summed E-state index contributed by atoms with van der Waals surface area (Å²) >= 11 is 1.87. The minimum absolute atomic E-state index is 0.651. The molecular formula is C43H25N3S. The van der Waals surface area contributed by atoms with E-state index in [4.69, 9.17) is 0 Å². The van der Waals surface area contributed by atoms with Gasteiger partial charge in [-0.25, -0.2) is 0 Å². The van der Waals surface area contributed by atoms with Gasteiger partial charge in [0, 0.05) is 53.1 Å². The number of thiophene rings is 1. The number of nitrogens with zero attached hydrogens (tertiary/aromatic N) is 3. The Kier molecular flexibility index (Phi) is 5.51. The van der Waals surface area contributed by atoms with Crippen LogP contribution in [0.15, 0.2) is 152 Å². The van der Waals surface area contributed by atoms with Crippen molar-refractivity contribution in [1.82, 2.24) is 9.13 Å². The Bertz CT molecular complexity index is 2900. The lowest BCUT2D eigenvalue weighted by Gasteiger charge is -2.13. The molecule has 47 heavy (non-hydrogen) atoms. The van der Waals surface area contributed by atoms with Crippen molar-refractivity contribution in [3.8, 4) is 28.6 Å². The van der Waals surface area contributed by atoms with Gasteiger partial charge in [0.25, 0.3) is 0 Å². The van der Waals surface area contributed by atoms with Gasteiger partial charge in [-0.05, 0) is 59.7 Å². The number of nitriles is 1. The van der Waals surface area contributed by atoms with Crippen molar-refractivity contribution in [2.45, 2.75) is 0 Å². The largest absolute Gasteiger partial charge is 0.307 e. The van der Waals surface area contributed by atoms with Crippen LogP contribution < -0.4 is 0 Å². The molecule has 0 spiro atoms. The fourth-order valence-corrected chi connectivity index (χ4v) is 8.73. The second kappa shape index (κ2) is 9.92. The molecule has 0 aliphatic rings. The van der Waals surface area contributed by atoms with Crippen LogP contribution in [0.2, 0.25) is 0 Å².